The van der Waals surface area contributed by atoms with Crippen molar-refractivity contribution in [2.24, 2.45) is 10.9 Å². The van der Waals surface area contributed by atoms with E-state index in [-0.39, 0.29) is 33.3 Å². The monoisotopic (exact) mass is 608 g/mol. The van der Waals surface area contributed by atoms with Gasteiger partial charge in [-0.15, -0.1) is 11.3 Å². The molecule has 2 aromatic carbocycles. The molecule has 9 nitrogen and oxygen atoms in total. The Morgan fingerprint density at radius 2 is 1.83 bits per heavy atom. The van der Waals surface area contributed by atoms with Gasteiger partial charge >= 0.3 is 0 Å². The molecule has 3 amide bonds. The summed E-state index contributed by atoms with van der Waals surface area (Å²) in [5.74, 6) is -3.50. The molecule has 1 aromatic heterocycles. The number of thiazole rings is 1. The van der Waals surface area contributed by atoms with Crippen LogP contribution in [0.2, 0.25) is 0 Å². The van der Waals surface area contributed by atoms with Gasteiger partial charge < -0.3 is 10.6 Å². The van der Waals surface area contributed by atoms with Crippen molar-refractivity contribution in [1.82, 2.24) is 15.6 Å². The summed E-state index contributed by atoms with van der Waals surface area (Å²) in [4.78, 5) is 44.9. The van der Waals surface area contributed by atoms with Gasteiger partial charge in [0.25, 0.3) is 5.91 Å². The van der Waals surface area contributed by atoms with Crippen LogP contribution in [0.15, 0.2) is 76.7 Å². The van der Waals surface area contributed by atoms with Gasteiger partial charge in [-0.2, -0.15) is 0 Å². The third kappa shape index (κ3) is 5.57. The highest BCUT2D eigenvalue weighted by Gasteiger charge is 2.39. The lowest BCUT2D eigenvalue weighted by molar-refractivity contribution is -0.126. The molecule has 214 valence electrons. The zero-order valence-corrected chi connectivity index (χ0v) is 23.3. The number of nitrogens with one attached hydrogen (secondary N) is 2. The molecule has 3 aliphatic rings. The lowest BCUT2D eigenvalue weighted by Gasteiger charge is -2.18. The first kappa shape index (κ1) is 27.8. The van der Waals surface area contributed by atoms with E-state index < -0.39 is 45.1 Å². The molecule has 1 aliphatic heterocycles. The fraction of sp³-hybridized carbons (Fsp3) is 0.207. The lowest BCUT2D eigenvalue weighted by Crippen LogP contribution is -2.41. The summed E-state index contributed by atoms with van der Waals surface area (Å²) >= 11 is 0.829. The Hall–Kier alpha value is -4.36. The first-order chi connectivity index (χ1) is 20.1. The van der Waals surface area contributed by atoms with E-state index in [0.717, 1.165) is 48.4 Å². The van der Waals surface area contributed by atoms with Gasteiger partial charge in [-0.05, 0) is 66.5 Å². The smallest absolute Gasteiger partial charge is 0.269 e. The van der Waals surface area contributed by atoms with Gasteiger partial charge in [0.1, 0.15) is 16.3 Å². The van der Waals surface area contributed by atoms with Crippen LogP contribution < -0.4 is 10.6 Å². The topological polar surface area (TPSA) is 135 Å². The summed E-state index contributed by atoms with van der Waals surface area (Å²) in [6, 6.07) is 6.90. The predicted molar refractivity (Wildman–Crippen MR) is 152 cm³/mol. The molecular formula is C29H22F2N4O5S2. The highest BCUT2D eigenvalue weighted by Crippen LogP contribution is 2.37. The van der Waals surface area contributed by atoms with E-state index in [4.69, 9.17) is 0 Å². The summed E-state index contributed by atoms with van der Waals surface area (Å²) in [5, 5.41) is 2.94. The number of hydrogen-bond donors (Lipinski definition) is 2. The average molecular weight is 609 g/mol. The number of rotatable bonds is 8. The van der Waals surface area contributed by atoms with Crippen LogP contribution in [0.25, 0.3) is 15.8 Å². The molecule has 0 saturated heterocycles. The van der Waals surface area contributed by atoms with Crippen molar-refractivity contribution in [3.8, 4) is 0 Å². The molecule has 1 saturated carbocycles. The number of amides is 3. The molecule has 2 heterocycles. The zero-order valence-electron chi connectivity index (χ0n) is 21.7. The van der Waals surface area contributed by atoms with Gasteiger partial charge in [-0.25, -0.2) is 27.2 Å². The van der Waals surface area contributed by atoms with Gasteiger partial charge in [0, 0.05) is 18.0 Å². The number of halogens is 2. The Bertz CT molecular complexity index is 1870. The van der Waals surface area contributed by atoms with Crippen molar-refractivity contribution in [1.29, 1.82) is 0 Å². The van der Waals surface area contributed by atoms with E-state index in [2.05, 4.69) is 20.6 Å². The number of nitrogens with zero attached hydrogens (tertiary/aromatic N) is 2. The maximum absolute atomic E-state index is 15.4. The van der Waals surface area contributed by atoms with E-state index in [0.29, 0.717) is 21.5 Å². The van der Waals surface area contributed by atoms with E-state index in [9.17, 15) is 27.2 Å². The molecule has 1 fully saturated rings. The maximum atomic E-state index is 15.4. The Balaban J connectivity index is 1.36. The van der Waals surface area contributed by atoms with Crippen molar-refractivity contribution in [3.05, 3.63) is 89.0 Å². The molecule has 0 bridgehead atoms. The number of allylic oxidation sites excluding steroid dienone is 5. The van der Waals surface area contributed by atoms with Crippen molar-refractivity contribution in [2.45, 2.75) is 29.0 Å². The second-order valence-electron chi connectivity index (χ2n) is 10.0. The quantitative estimate of drug-likeness (QED) is 0.376. The second-order valence-corrected chi connectivity index (χ2v) is 13.1. The zero-order chi connectivity index (χ0) is 29.6. The van der Waals surface area contributed by atoms with Crippen LogP contribution in [0.1, 0.15) is 28.7 Å². The number of carbonyl (C=O) groups is 3. The SMILES string of the molecule is O=C1C=CC2C=C(c3cc(F)c4nc(C(C(=O)NCC(=O)NC5CC5)S(=O)(=O)c5ccc(F)cc5)sc4c3)C=CC2=N1. The van der Waals surface area contributed by atoms with Crippen LogP contribution in [0.4, 0.5) is 8.78 Å². The number of benzene rings is 2. The Morgan fingerprint density at radius 1 is 1.07 bits per heavy atom. The summed E-state index contributed by atoms with van der Waals surface area (Å²) in [5.41, 5.74) is 1.58. The van der Waals surface area contributed by atoms with E-state index >= 15 is 4.39 Å². The van der Waals surface area contributed by atoms with Crippen molar-refractivity contribution < 1.29 is 31.6 Å². The molecular weight excluding hydrogens is 586 g/mol. The molecule has 13 heteroatoms. The van der Waals surface area contributed by atoms with Gasteiger partial charge in [0.15, 0.2) is 20.9 Å². The molecule has 6 rings (SSSR count). The first-order valence-electron chi connectivity index (χ1n) is 13.0. The van der Waals surface area contributed by atoms with Crippen molar-refractivity contribution in [3.63, 3.8) is 0 Å². The largest absolute Gasteiger partial charge is 0.352 e. The fourth-order valence-electron chi connectivity index (χ4n) is 4.63. The third-order valence-electron chi connectivity index (χ3n) is 6.90. The summed E-state index contributed by atoms with van der Waals surface area (Å²) < 4.78 is 56.6. The molecule has 3 aromatic rings. The number of hydrogen-bond acceptors (Lipinski definition) is 7. The molecule has 2 atom stereocenters. The summed E-state index contributed by atoms with van der Waals surface area (Å²) in [6.45, 7) is -0.457. The Kier molecular flexibility index (Phi) is 7.15. The number of aromatic nitrogens is 1. The maximum Gasteiger partial charge on any atom is 0.269 e. The van der Waals surface area contributed by atoms with Crippen LogP contribution in [-0.2, 0) is 24.2 Å². The summed E-state index contributed by atoms with van der Waals surface area (Å²) in [7, 11) is -4.49. The van der Waals surface area contributed by atoms with Crippen LogP contribution >= 0.6 is 11.3 Å². The van der Waals surface area contributed by atoms with Gasteiger partial charge in [0.2, 0.25) is 11.8 Å². The van der Waals surface area contributed by atoms with Crippen LogP contribution in [0, 0.1) is 17.6 Å². The van der Waals surface area contributed by atoms with E-state index in [1.165, 1.54) is 12.1 Å². The highest BCUT2D eigenvalue weighted by molar-refractivity contribution is 7.92. The lowest BCUT2D eigenvalue weighted by atomic mass is 9.89. The molecule has 2 aliphatic carbocycles. The second kappa shape index (κ2) is 10.8. The normalized spacial score (nSPS) is 18.7. The highest BCUT2D eigenvalue weighted by atomic mass is 32.2. The van der Waals surface area contributed by atoms with Crippen LogP contribution in [0.5, 0.6) is 0 Å². The third-order valence-corrected chi connectivity index (χ3v) is 10.1. The van der Waals surface area contributed by atoms with E-state index in [1.54, 1.807) is 24.3 Å². The molecule has 0 radical (unpaired) electrons. The van der Waals surface area contributed by atoms with Gasteiger partial charge in [-0.1, -0.05) is 18.2 Å². The predicted octanol–water partition coefficient (Wildman–Crippen LogP) is 3.59. The minimum atomic E-state index is -4.49. The van der Waals surface area contributed by atoms with E-state index in [1.807, 2.05) is 6.08 Å². The average Bonchev–Trinajstić information content (AvgIpc) is 3.67. The minimum absolute atomic E-state index is 0.0409. The number of dihydropyridines is 1. The standard InChI is InChI=1S/C29H22F2N4O5S2/c30-18-3-7-20(8-4-18)42(39,40)27(28(38)32-14-25(37)33-19-5-6-19)29-35-26-21(31)12-17(13-23(26)41-29)15-1-9-22-16(11-15)2-10-24(36)34-22/h1-4,7-13,16,19,27H,5-6,14H2,(H,32,38)(H,33,37). The molecule has 2 N–H and O–H groups in total. The van der Waals surface area contributed by atoms with Gasteiger partial charge in [0.05, 0.1) is 21.9 Å². The molecule has 0 spiro atoms. The van der Waals surface area contributed by atoms with Crippen LogP contribution in [-0.4, -0.2) is 49.4 Å². The fourth-order valence-corrected chi connectivity index (χ4v) is 7.62. The van der Waals surface area contributed by atoms with Crippen molar-refractivity contribution in [2.75, 3.05) is 6.54 Å². The number of sulfone groups is 1. The van der Waals surface area contributed by atoms with Crippen molar-refractivity contribution >= 4 is 60.4 Å². The Morgan fingerprint density at radius 3 is 2.57 bits per heavy atom. The first-order valence-corrected chi connectivity index (χ1v) is 15.3. The molecule has 2 unspecified atom stereocenters. The minimum Gasteiger partial charge on any atom is -0.352 e. The summed E-state index contributed by atoms with van der Waals surface area (Å²) in [6.07, 6.45) is 9.93. The number of carbonyl (C=O) groups excluding carboxylic acids is 3. The van der Waals surface area contributed by atoms with Crippen LogP contribution in [0.3, 0.4) is 0 Å². The number of aliphatic imine (C=N–C) groups is 1. The number of fused-ring (bicyclic) bond motifs is 2. The molecule has 42 heavy (non-hydrogen) atoms. The Labute approximate surface area is 242 Å². The van der Waals surface area contributed by atoms with Gasteiger partial charge in [-0.3, -0.25) is 14.4 Å².